The van der Waals surface area contributed by atoms with E-state index < -0.39 is 0 Å². The van der Waals surface area contributed by atoms with E-state index in [0.29, 0.717) is 26.3 Å². The number of nitrogens with one attached hydrogen (secondary N) is 1. The molecule has 0 spiro atoms. The van der Waals surface area contributed by atoms with Crippen LogP contribution >= 0.6 is 0 Å². The Bertz CT molecular complexity index is 721. The van der Waals surface area contributed by atoms with Crippen LogP contribution < -0.4 is 5.32 Å². The minimum atomic E-state index is 0.0775. The Morgan fingerprint density at radius 2 is 1.92 bits per heavy atom. The summed E-state index contributed by atoms with van der Waals surface area (Å²) in [5.41, 5.74) is 5.50. The first-order valence-corrected chi connectivity index (χ1v) is 8.40. The average molecular weight is 324 g/mol. The second-order valence-electron chi connectivity index (χ2n) is 6.27. The van der Waals surface area contributed by atoms with Crippen molar-refractivity contribution >= 4 is 11.6 Å². The number of ether oxygens (including phenoxy) is 1. The van der Waals surface area contributed by atoms with E-state index in [1.54, 1.807) is 0 Å². The summed E-state index contributed by atoms with van der Waals surface area (Å²) in [5, 5.41) is 3.43. The number of anilines is 1. The van der Waals surface area contributed by atoms with Crippen LogP contribution in [0.4, 0.5) is 5.69 Å². The highest BCUT2D eigenvalue weighted by atomic mass is 16.5. The van der Waals surface area contributed by atoms with Gasteiger partial charge >= 0.3 is 0 Å². The topological polar surface area (TPSA) is 41.6 Å². The van der Waals surface area contributed by atoms with E-state index >= 15 is 0 Å². The Labute approximate surface area is 143 Å². The number of rotatable bonds is 4. The van der Waals surface area contributed by atoms with Crippen molar-refractivity contribution in [2.24, 2.45) is 0 Å². The smallest absolute Gasteiger partial charge is 0.254 e. The van der Waals surface area contributed by atoms with Gasteiger partial charge in [-0.05, 0) is 43.2 Å². The molecular weight excluding hydrogens is 300 g/mol. The molecule has 126 valence electrons. The molecule has 1 aliphatic heterocycles. The molecular formula is C20H24N2O2. The first kappa shape index (κ1) is 16.5. The van der Waals surface area contributed by atoms with Gasteiger partial charge in [0.15, 0.2) is 0 Å². The standard InChI is InChI=1S/C20H24N2O2/c1-15-6-7-16(2)18(12-15)14-21-19-5-3-4-17(13-19)20(23)22-8-10-24-11-9-22/h3-7,12-13,21H,8-11,14H2,1-2H3. The van der Waals surface area contributed by atoms with Gasteiger partial charge in [0, 0.05) is 30.9 Å². The van der Waals surface area contributed by atoms with Crippen LogP contribution in [0.15, 0.2) is 42.5 Å². The minimum Gasteiger partial charge on any atom is -0.381 e. The molecule has 0 unspecified atom stereocenters. The molecule has 0 atom stereocenters. The molecule has 1 saturated heterocycles. The molecule has 1 fully saturated rings. The van der Waals surface area contributed by atoms with Gasteiger partial charge in [-0.15, -0.1) is 0 Å². The number of hydrogen-bond donors (Lipinski definition) is 1. The molecule has 3 rings (SSSR count). The summed E-state index contributed by atoms with van der Waals surface area (Å²) in [6, 6.07) is 14.2. The number of amides is 1. The number of nitrogens with zero attached hydrogens (tertiary/aromatic N) is 1. The molecule has 1 N–H and O–H groups in total. The van der Waals surface area contributed by atoms with Crippen molar-refractivity contribution in [3.63, 3.8) is 0 Å². The maximum Gasteiger partial charge on any atom is 0.254 e. The fourth-order valence-corrected chi connectivity index (χ4v) is 2.90. The van der Waals surface area contributed by atoms with E-state index in [-0.39, 0.29) is 5.91 Å². The van der Waals surface area contributed by atoms with Gasteiger partial charge in [0.05, 0.1) is 13.2 Å². The van der Waals surface area contributed by atoms with Gasteiger partial charge in [-0.3, -0.25) is 4.79 Å². The van der Waals surface area contributed by atoms with Crippen LogP contribution in [0.3, 0.4) is 0 Å². The van der Waals surface area contributed by atoms with Crippen LogP contribution in [0.5, 0.6) is 0 Å². The highest BCUT2D eigenvalue weighted by Crippen LogP contribution is 2.17. The van der Waals surface area contributed by atoms with Gasteiger partial charge in [0.25, 0.3) is 5.91 Å². The molecule has 1 amide bonds. The van der Waals surface area contributed by atoms with Crippen LogP contribution in [0.2, 0.25) is 0 Å². The van der Waals surface area contributed by atoms with Gasteiger partial charge in [-0.2, -0.15) is 0 Å². The summed E-state index contributed by atoms with van der Waals surface area (Å²) >= 11 is 0. The van der Waals surface area contributed by atoms with E-state index in [9.17, 15) is 4.79 Å². The number of aryl methyl sites for hydroxylation is 2. The van der Waals surface area contributed by atoms with Crippen LogP contribution in [0, 0.1) is 13.8 Å². The van der Waals surface area contributed by atoms with E-state index in [1.165, 1.54) is 16.7 Å². The van der Waals surface area contributed by atoms with Gasteiger partial charge in [-0.25, -0.2) is 0 Å². The molecule has 0 saturated carbocycles. The quantitative estimate of drug-likeness (QED) is 0.937. The third-order valence-electron chi connectivity index (χ3n) is 4.40. The lowest BCUT2D eigenvalue weighted by Crippen LogP contribution is -2.40. The molecule has 0 bridgehead atoms. The fourth-order valence-electron chi connectivity index (χ4n) is 2.90. The highest BCUT2D eigenvalue weighted by molar-refractivity contribution is 5.95. The Balaban J connectivity index is 1.68. The van der Waals surface area contributed by atoms with Crippen molar-refractivity contribution < 1.29 is 9.53 Å². The van der Waals surface area contributed by atoms with E-state index in [2.05, 4.69) is 37.4 Å². The third-order valence-corrected chi connectivity index (χ3v) is 4.40. The van der Waals surface area contributed by atoms with Crippen LogP contribution in [-0.4, -0.2) is 37.1 Å². The lowest BCUT2D eigenvalue weighted by atomic mass is 10.1. The first-order chi connectivity index (χ1) is 11.6. The zero-order valence-corrected chi connectivity index (χ0v) is 14.3. The Hall–Kier alpha value is -2.33. The van der Waals surface area contributed by atoms with Crippen molar-refractivity contribution in [1.82, 2.24) is 4.90 Å². The molecule has 1 heterocycles. The Morgan fingerprint density at radius 1 is 1.12 bits per heavy atom. The zero-order chi connectivity index (χ0) is 16.9. The predicted molar refractivity (Wildman–Crippen MR) is 96.4 cm³/mol. The number of carbonyl (C=O) groups excluding carboxylic acids is 1. The van der Waals surface area contributed by atoms with Gasteiger partial charge in [0.2, 0.25) is 0 Å². The second kappa shape index (κ2) is 7.49. The largest absolute Gasteiger partial charge is 0.381 e. The molecule has 1 aliphatic rings. The van der Waals surface area contributed by atoms with Gasteiger partial charge in [0.1, 0.15) is 0 Å². The monoisotopic (exact) mass is 324 g/mol. The zero-order valence-electron chi connectivity index (χ0n) is 14.3. The van der Waals surface area contributed by atoms with Crippen LogP contribution in [-0.2, 0) is 11.3 Å². The number of benzene rings is 2. The summed E-state index contributed by atoms with van der Waals surface area (Å²) < 4.78 is 5.31. The maximum absolute atomic E-state index is 12.6. The highest BCUT2D eigenvalue weighted by Gasteiger charge is 2.18. The molecule has 4 nitrogen and oxygen atoms in total. The summed E-state index contributed by atoms with van der Waals surface area (Å²) in [6.45, 7) is 7.55. The van der Waals surface area contributed by atoms with Gasteiger partial charge < -0.3 is 15.0 Å². The molecule has 0 aliphatic carbocycles. The number of hydrogen-bond acceptors (Lipinski definition) is 3. The van der Waals surface area contributed by atoms with Crippen molar-refractivity contribution in [2.75, 3.05) is 31.6 Å². The molecule has 2 aromatic carbocycles. The summed E-state index contributed by atoms with van der Waals surface area (Å²) in [7, 11) is 0. The minimum absolute atomic E-state index is 0.0775. The Kier molecular flexibility index (Phi) is 5.16. The molecule has 24 heavy (non-hydrogen) atoms. The summed E-state index contributed by atoms with van der Waals surface area (Å²) in [6.07, 6.45) is 0. The molecule has 4 heteroatoms. The van der Waals surface area contributed by atoms with Crippen LogP contribution in [0.25, 0.3) is 0 Å². The summed E-state index contributed by atoms with van der Waals surface area (Å²) in [5.74, 6) is 0.0775. The predicted octanol–water partition coefficient (Wildman–Crippen LogP) is 3.39. The third kappa shape index (κ3) is 3.95. The second-order valence-corrected chi connectivity index (χ2v) is 6.27. The molecule has 0 aromatic heterocycles. The normalized spacial score (nSPS) is 14.5. The fraction of sp³-hybridized carbons (Fsp3) is 0.350. The average Bonchev–Trinajstić information content (AvgIpc) is 2.63. The lowest BCUT2D eigenvalue weighted by molar-refractivity contribution is 0.0303. The Morgan fingerprint density at radius 3 is 2.71 bits per heavy atom. The van der Waals surface area contributed by atoms with Crippen molar-refractivity contribution in [3.8, 4) is 0 Å². The van der Waals surface area contributed by atoms with Gasteiger partial charge in [-0.1, -0.05) is 29.8 Å². The van der Waals surface area contributed by atoms with E-state index in [4.69, 9.17) is 4.74 Å². The van der Waals surface area contributed by atoms with Crippen molar-refractivity contribution in [2.45, 2.75) is 20.4 Å². The molecule has 0 radical (unpaired) electrons. The summed E-state index contributed by atoms with van der Waals surface area (Å²) in [4.78, 5) is 14.4. The van der Waals surface area contributed by atoms with Crippen molar-refractivity contribution in [1.29, 1.82) is 0 Å². The molecule has 2 aromatic rings. The van der Waals surface area contributed by atoms with E-state index in [1.807, 2.05) is 29.2 Å². The van der Waals surface area contributed by atoms with Crippen molar-refractivity contribution in [3.05, 3.63) is 64.7 Å². The van der Waals surface area contributed by atoms with E-state index in [0.717, 1.165) is 17.8 Å². The number of morpholine rings is 1. The maximum atomic E-state index is 12.6. The lowest BCUT2D eigenvalue weighted by Gasteiger charge is -2.27. The number of carbonyl (C=O) groups is 1. The van der Waals surface area contributed by atoms with Crippen LogP contribution in [0.1, 0.15) is 27.0 Å². The SMILES string of the molecule is Cc1ccc(C)c(CNc2cccc(C(=O)N3CCOCC3)c2)c1. The first-order valence-electron chi connectivity index (χ1n) is 8.40.